The van der Waals surface area contributed by atoms with Crippen molar-refractivity contribution in [3.63, 3.8) is 0 Å². The standard InChI is InChI=1S/C40H57N5O7S/c1-5-7-8-9-10-11-12-13-14-34(31-46)28-39(47)52-26-25-51-24-23-50-22-21-49-20-19-48-18-17-45(6-2)35-15-16-37(32(3)27-35)43-44-40-36(29-41)33(4)38(30-42)53-40/h12-13,15-16,27,31,34H,5-11,14,17-26,28H2,1-4H3/b13-12+,44-43+. The van der Waals surface area contributed by atoms with Crippen LogP contribution in [0.25, 0.3) is 0 Å². The minimum atomic E-state index is -0.389. The molecule has 1 heterocycles. The van der Waals surface area contributed by atoms with Crippen molar-refractivity contribution in [2.75, 3.05) is 77.5 Å². The number of thiophene rings is 1. The van der Waals surface area contributed by atoms with Crippen molar-refractivity contribution in [3.8, 4) is 12.1 Å². The predicted octanol–water partition coefficient (Wildman–Crippen LogP) is 8.47. The first-order chi connectivity index (χ1) is 25.9. The fraction of sp³-hybridized carbons (Fsp3) is 0.600. The summed E-state index contributed by atoms with van der Waals surface area (Å²) in [5, 5.41) is 27.8. The van der Waals surface area contributed by atoms with Crippen molar-refractivity contribution >= 4 is 40.0 Å². The van der Waals surface area contributed by atoms with Gasteiger partial charge in [-0.25, -0.2) is 0 Å². The summed E-state index contributed by atoms with van der Waals surface area (Å²) in [5.41, 5.74) is 3.72. The van der Waals surface area contributed by atoms with Crippen molar-refractivity contribution < 1.29 is 33.3 Å². The van der Waals surface area contributed by atoms with E-state index in [1.807, 2.05) is 25.1 Å². The van der Waals surface area contributed by atoms with E-state index >= 15 is 0 Å². The van der Waals surface area contributed by atoms with Crippen LogP contribution in [0.5, 0.6) is 0 Å². The number of ether oxygens (including phenoxy) is 5. The van der Waals surface area contributed by atoms with Gasteiger partial charge in [0.15, 0.2) is 5.00 Å². The highest BCUT2D eigenvalue weighted by molar-refractivity contribution is 7.16. The van der Waals surface area contributed by atoms with E-state index in [0.717, 1.165) is 36.9 Å². The van der Waals surface area contributed by atoms with Crippen molar-refractivity contribution in [3.05, 3.63) is 51.9 Å². The lowest BCUT2D eigenvalue weighted by atomic mass is 10.0. The Hall–Kier alpha value is -3.98. The van der Waals surface area contributed by atoms with Gasteiger partial charge in [0, 0.05) is 24.7 Å². The van der Waals surface area contributed by atoms with Gasteiger partial charge in [0.05, 0.1) is 70.5 Å². The molecule has 0 N–H and O–H groups in total. The number of allylic oxidation sites excluding steroid dienone is 2. The van der Waals surface area contributed by atoms with Crippen LogP contribution >= 0.6 is 11.3 Å². The van der Waals surface area contributed by atoms with E-state index in [-0.39, 0.29) is 31.5 Å². The lowest BCUT2D eigenvalue weighted by Crippen LogP contribution is -2.27. The Balaban J connectivity index is 1.48. The van der Waals surface area contributed by atoms with E-state index in [1.54, 1.807) is 6.92 Å². The molecule has 290 valence electrons. The zero-order valence-electron chi connectivity index (χ0n) is 32.0. The molecule has 1 aromatic heterocycles. The maximum Gasteiger partial charge on any atom is 0.306 e. The van der Waals surface area contributed by atoms with Crippen LogP contribution in [-0.4, -0.2) is 84.8 Å². The zero-order chi connectivity index (χ0) is 38.5. The Morgan fingerprint density at radius 3 is 2.13 bits per heavy atom. The molecule has 0 amide bonds. The third-order valence-electron chi connectivity index (χ3n) is 8.33. The first-order valence-electron chi connectivity index (χ1n) is 18.7. The van der Waals surface area contributed by atoms with Crippen molar-refractivity contribution in [2.45, 2.75) is 79.1 Å². The maximum atomic E-state index is 12.0. The molecule has 0 aliphatic heterocycles. The number of carbonyl (C=O) groups is 2. The van der Waals surface area contributed by atoms with Gasteiger partial charge >= 0.3 is 5.97 Å². The van der Waals surface area contributed by atoms with E-state index in [0.29, 0.717) is 85.9 Å². The molecule has 0 spiro atoms. The average Bonchev–Trinajstić information content (AvgIpc) is 3.48. The highest BCUT2D eigenvalue weighted by atomic mass is 32.1. The minimum absolute atomic E-state index is 0.0797. The topological polar surface area (TPSA) is 156 Å². The number of aldehydes is 1. The summed E-state index contributed by atoms with van der Waals surface area (Å²) >= 11 is 1.17. The molecule has 0 saturated carbocycles. The number of nitrogens with zero attached hydrogens (tertiary/aromatic N) is 5. The van der Waals surface area contributed by atoms with E-state index in [9.17, 15) is 20.1 Å². The van der Waals surface area contributed by atoms with Gasteiger partial charge in [-0.1, -0.05) is 44.8 Å². The Kier molecular flexibility index (Phi) is 24.3. The number of hydrogen-bond acceptors (Lipinski definition) is 13. The number of unbranched alkanes of at least 4 members (excludes halogenated alkanes) is 5. The summed E-state index contributed by atoms with van der Waals surface area (Å²) in [4.78, 5) is 26.1. The second-order valence-electron chi connectivity index (χ2n) is 12.4. The smallest absolute Gasteiger partial charge is 0.306 e. The molecule has 0 fully saturated rings. The van der Waals surface area contributed by atoms with Crippen molar-refractivity contribution in [1.29, 1.82) is 10.5 Å². The molecule has 0 saturated heterocycles. The van der Waals surface area contributed by atoms with Crippen LogP contribution in [0.15, 0.2) is 40.6 Å². The Morgan fingerprint density at radius 1 is 0.868 bits per heavy atom. The first kappa shape index (κ1) is 45.2. The van der Waals surface area contributed by atoms with Crippen LogP contribution in [0.2, 0.25) is 0 Å². The van der Waals surface area contributed by atoms with Crippen LogP contribution in [0, 0.1) is 42.4 Å². The van der Waals surface area contributed by atoms with Gasteiger partial charge in [-0.15, -0.1) is 21.6 Å². The average molecular weight is 752 g/mol. The lowest BCUT2D eigenvalue weighted by Gasteiger charge is -2.23. The van der Waals surface area contributed by atoms with E-state index < -0.39 is 0 Å². The molecule has 1 atom stereocenters. The van der Waals surface area contributed by atoms with Crippen LogP contribution in [0.3, 0.4) is 0 Å². The molecule has 0 radical (unpaired) electrons. The molecule has 0 bridgehead atoms. The number of benzene rings is 1. The van der Waals surface area contributed by atoms with Crippen LogP contribution in [0.1, 0.15) is 86.8 Å². The molecule has 12 nitrogen and oxygen atoms in total. The number of esters is 1. The number of likely N-dealkylation sites (N-methyl/N-ethyl adjacent to an activating group) is 1. The highest BCUT2D eigenvalue weighted by Crippen LogP contribution is 2.36. The number of aryl methyl sites for hydroxylation is 1. The molecule has 13 heteroatoms. The number of carbonyl (C=O) groups excluding carboxylic acids is 2. The normalized spacial score (nSPS) is 11.9. The summed E-state index contributed by atoms with van der Waals surface area (Å²) in [6, 6.07) is 10.2. The molecule has 2 rings (SSSR count). The van der Waals surface area contributed by atoms with Crippen LogP contribution in [0.4, 0.5) is 16.4 Å². The fourth-order valence-corrected chi connectivity index (χ4v) is 6.07. The molecular weight excluding hydrogens is 695 g/mol. The predicted molar refractivity (Wildman–Crippen MR) is 207 cm³/mol. The van der Waals surface area contributed by atoms with Crippen LogP contribution in [-0.2, 0) is 33.3 Å². The van der Waals surface area contributed by atoms with Gasteiger partial charge < -0.3 is 33.4 Å². The monoisotopic (exact) mass is 751 g/mol. The van der Waals surface area contributed by atoms with E-state index in [2.05, 4.69) is 53.3 Å². The summed E-state index contributed by atoms with van der Waals surface area (Å²) in [6.45, 7) is 13.1. The zero-order valence-corrected chi connectivity index (χ0v) is 32.8. The third kappa shape index (κ3) is 18.6. The van der Waals surface area contributed by atoms with E-state index in [4.69, 9.17) is 23.7 Å². The number of anilines is 1. The first-order valence-corrected chi connectivity index (χ1v) is 19.5. The molecule has 53 heavy (non-hydrogen) atoms. The maximum absolute atomic E-state index is 12.0. The molecule has 0 aliphatic carbocycles. The minimum Gasteiger partial charge on any atom is -0.463 e. The SMILES string of the molecule is CCCCCCC/C=C/CC(C=O)CC(=O)OCCOCCOCCOCCOCCN(CC)c1ccc(/N=N/c2sc(C#N)c(C)c2C#N)c(C)c1. The second kappa shape index (κ2) is 28.5. The summed E-state index contributed by atoms with van der Waals surface area (Å²) in [6.07, 6.45) is 12.7. The Bertz CT molecular complexity index is 1500. The van der Waals surface area contributed by atoms with Gasteiger partial charge in [0.25, 0.3) is 0 Å². The largest absolute Gasteiger partial charge is 0.463 e. The van der Waals surface area contributed by atoms with Gasteiger partial charge in [0.1, 0.15) is 29.9 Å². The second-order valence-corrected chi connectivity index (χ2v) is 13.4. The van der Waals surface area contributed by atoms with Gasteiger partial charge in [0.2, 0.25) is 0 Å². The van der Waals surface area contributed by atoms with Gasteiger partial charge in [-0.05, 0) is 69.4 Å². The highest BCUT2D eigenvalue weighted by Gasteiger charge is 2.15. The molecule has 1 aromatic carbocycles. The number of hydrogen-bond donors (Lipinski definition) is 0. The number of azo groups is 1. The summed E-state index contributed by atoms with van der Waals surface area (Å²) < 4.78 is 27.5. The molecular formula is C40H57N5O7S. The summed E-state index contributed by atoms with van der Waals surface area (Å²) in [5.74, 6) is -0.747. The number of nitriles is 2. The van der Waals surface area contributed by atoms with Gasteiger partial charge in [-0.3, -0.25) is 4.79 Å². The summed E-state index contributed by atoms with van der Waals surface area (Å²) in [7, 11) is 0. The van der Waals surface area contributed by atoms with Crippen molar-refractivity contribution in [2.24, 2.45) is 16.1 Å². The van der Waals surface area contributed by atoms with Crippen LogP contribution < -0.4 is 4.90 Å². The fourth-order valence-electron chi connectivity index (χ4n) is 5.19. The molecule has 2 aromatic rings. The Morgan fingerprint density at radius 2 is 1.53 bits per heavy atom. The lowest BCUT2D eigenvalue weighted by molar-refractivity contribution is -0.147. The number of rotatable bonds is 30. The Labute approximate surface area is 319 Å². The molecule has 0 aliphatic rings. The van der Waals surface area contributed by atoms with Gasteiger partial charge in [-0.2, -0.15) is 10.5 Å². The van der Waals surface area contributed by atoms with E-state index in [1.165, 1.54) is 37.0 Å². The van der Waals surface area contributed by atoms with Crippen molar-refractivity contribution in [1.82, 2.24) is 0 Å². The quantitative estimate of drug-likeness (QED) is 0.0249. The third-order valence-corrected chi connectivity index (χ3v) is 9.41. The molecule has 1 unspecified atom stereocenters.